The molecule has 1 N–H and O–H groups in total. The van der Waals surface area contributed by atoms with Crippen molar-refractivity contribution in [3.05, 3.63) is 0 Å². The third-order valence-electron chi connectivity index (χ3n) is 4.36. The quantitative estimate of drug-likeness (QED) is 0.865. The minimum absolute atomic E-state index is 0.179. The van der Waals surface area contributed by atoms with E-state index in [0.717, 1.165) is 31.5 Å². The van der Waals surface area contributed by atoms with Crippen LogP contribution >= 0.6 is 0 Å². The normalized spacial score (nSPS) is 28.1. The lowest BCUT2D eigenvalue weighted by Crippen LogP contribution is -2.61. The summed E-state index contributed by atoms with van der Waals surface area (Å²) in [5.41, 5.74) is -0.394. The number of ether oxygens (including phenoxy) is 1. The molecule has 0 radical (unpaired) electrons. The predicted molar refractivity (Wildman–Crippen MR) is 80.7 cm³/mol. The molecular formula is C16H30N2O2. The van der Waals surface area contributed by atoms with Crippen LogP contribution in [0.5, 0.6) is 0 Å². The topological polar surface area (TPSA) is 41.6 Å². The Bertz CT molecular complexity index is 324. The molecule has 1 aliphatic carbocycles. The Kier molecular flexibility index (Phi) is 4.95. The molecule has 2 aliphatic rings. The van der Waals surface area contributed by atoms with Crippen LogP contribution in [0.25, 0.3) is 0 Å². The van der Waals surface area contributed by atoms with Crippen molar-refractivity contribution in [1.29, 1.82) is 0 Å². The Morgan fingerprint density at radius 1 is 1.20 bits per heavy atom. The SMILES string of the molecule is CC1CCC(CNC2CN(C(=O)OC(C)(C)C)C2)CC1. The fourth-order valence-corrected chi connectivity index (χ4v) is 2.95. The van der Waals surface area contributed by atoms with Crippen molar-refractivity contribution in [3.8, 4) is 0 Å². The van der Waals surface area contributed by atoms with Crippen molar-refractivity contribution < 1.29 is 9.53 Å². The molecule has 4 heteroatoms. The first kappa shape index (κ1) is 15.6. The molecule has 0 spiro atoms. The van der Waals surface area contributed by atoms with Gasteiger partial charge in [0, 0.05) is 19.1 Å². The lowest BCUT2D eigenvalue weighted by molar-refractivity contribution is 0.00481. The third kappa shape index (κ3) is 4.65. The molecule has 0 atom stereocenters. The van der Waals surface area contributed by atoms with E-state index in [0.29, 0.717) is 6.04 Å². The maximum atomic E-state index is 11.8. The van der Waals surface area contributed by atoms with Gasteiger partial charge in [-0.3, -0.25) is 0 Å². The van der Waals surface area contributed by atoms with E-state index in [1.807, 2.05) is 20.8 Å². The fraction of sp³-hybridized carbons (Fsp3) is 0.938. The van der Waals surface area contributed by atoms with Gasteiger partial charge in [-0.25, -0.2) is 4.79 Å². The van der Waals surface area contributed by atoms with Gasteiger partial charge in [0.1, 0.15) is 5.60 Å². The Balaban J connectivity index is 1.59. The Hall–Kier alpha value is -0.770. The van der Waals surface area contributed by atoms with Crippen LogP contribution in [0, 0.1) is 11.8 Å². The van der Waals surface area contributed by atoms with Crippen LogP contribution in [0.15, 0.2) is 0 Å². The minimum atomic E-state index is -0.394. The largest absolute Gasteiger partial charge is 0.444 e. The van der Waals surface area contributed by atoms with Gasteiger partial charge < -0.3 is 15.0 Å². The summed E-state index contributed by atoms with van der Waals surface area (Å²) in [6, 6.07) is 0.460. The maximum absolute atomic E-state index is 11.8. The molecule has 1 saturated heterocycles. The molecule has 0 aromatic carbocycles. The van der Waals surface area contributed by atoms with E-state index in [4.69, 9.17) is 4.74 Å². The summed E-state index contributed by atoms with van der Waals surface area (Å²) in [4.78, 5) is 13.6. The summed E-state index contributed by atoms with van der Waals surface area (Å²) in [7, 11) is 0. The molecule has 0 aromatic heterocycles. The van der Waals surface area contributed by atoms with Gasteiger partial charge in [0.25, 0.3) is 0 Å². The first-order chi connectivity index (χ1) is 9.33. The number of nitrogens with one attached hydrogen (secondary N) is 1. The van der Waals surface area contributed by atoms with Gasteiger partial charge in [-0.1, -0.05) is 19.8 Å². The van der Waals surface area contributed by atoms with E-state index in [-0.39, 0.29) is 6.09 Å². The molecular weight excluding hydrogens is 252 g/mol. The fourth-order valence-electron chi connectivity index (χ4n) is 2.95. The van der Waals surface area contributed by atoms with Crippen LogP contribution in [0.4, 0.5) is 4.79 Å². The van der Waals surface area contributed by atoms with E-state index >= 15 is 0 Å². The number of likely N-dealkylation sites (tertiary alicyclic amines) is 1. The smallest absolute Gasteiger partial charge is 0.410 e. The van der Waals surface area contributed by atoms with E-state index < -0.39 is 5.60 Å². The van der Waals surface area contributed by atoms with Crippen LogP contribution in [0.1, 0.15) is 53.4 Å². The molecule has 20 heavy (non-hydrogen) atoms. The number of rotatable bonds is 3. The predicted octanol–water partition coefficient (Wildman–Crippen LogP) is 3.02. The molecule has 0 bridgehead atoms. The molecule has 2 fully saturated rings. The molecule has 1 aliphatic heterocycles. The van der Waals surface area contributed by atoms with Crippen molar-refractivity contribution in [1.82, 2.24) is 10.2 Å². The maximum Gasteiger partial charge on any atom is 0.410 e. The van der Waals surface area contributed by atoms with E-state index in [1.165, 1.54) is 25.7 Å². The van der Waals surface area contributed by atoms with E-state index in [9.17, 15) is 4.79 Å². The van der Waals surface area contributed by atoms with Gasteiger partial charge in [-0.15, -0.1) is 0 Å². The monoisotopic (exact) mass is 282 g/mol. The number of carbonyl (C=O) groups is 1. The highest BCUT2D eigenvalue weighted by Crippen LogP contribution is 2.28. The van der Waals surface area contributed by atoms with Crippen molar-refractivity contribution >= 4 is 6.09 Å². The zero-order valence-corrected chi connectivity index (χ0v) is 13.4. The molecule has 1 saturated carbocycles. The highest BCUT2D eigenvalue weighted by atomic mass is 16.6. The van der Waals surface area contributed by atoms with Crippen molar-refractivity contribution in [3.63, 3.8) is 0 Å². The van der Waals surface area contributed by atoms with Gasteiger partial charge >= 0.3 is 6.09 Å². The van der Waals surface area contributed by atoms with Crippen LogP contribution in [-0.4, -0.2) is 42.3 Å². The zero-order chi connectivity index (χ0) is 14.8. The summed E-state index contributed by atoms with van der Waals surface area (Å²) < 4.78 is 5.36. The summed E-state index contributed by atoms with van der Waals surface area (Å²) in [5, 5.41) is 3.60. The minimum Gasteiger partial charge on any atom is -0.444 e. The third-order valence-corrected chi connectivity index (χ3v) is 4.36. The highest BCUT2D eigenvalue weighted by Gasteiger charge is 2.33. The summed E-state index contributed by atoms with van der Waals surface area (Å²) in [5.74, 6) is 1.75. The number of nitrogens with zero attached hydrogens (tertiary/aromatic N) is 1. The number of hydrogen-bond acceptors (Lipinski definition) is 3. The average molecular weight is 282 g/mol. The second kappa shape index (κ2) is 6.33. The van der Waals surface area contributed by atoms with E-state index in [2.05, 4.69) is 12.2 Å². The molecule has 4 nitrogen and oxygen atoms in total. The van der Waals surface area contributed by atoms with Crippen molar-refractivity contribution in [2.75, 3.05) is 19.6 Å². The lowest BCUT2D eigenvalue weighted by atomic mass is 9.83. The molecule has 2 rings (SSSR count). The summed E-state index contributed by atoms with van der Waals surface area (Å²) >= 11 is 0. The van der Waals surface area contributed by atoms with Gasteiger partial charge in [0.2, 0.25) is 0 Å². The zero-order valence-electron chi connectivity index (χ0n) is 13.4. The first-order valence-corrected chi connectivity index (χ1v) is 8.05. The summed E-state index contributed by atoms with van der Waals surface area (Å²) in [6.07, 6.45) is 5.29. The summed E-state index contributed by atoms with van der Waals surface area (Å²) in [6.45, 7) is 10.8. The second-order valence-corrected chi connectivity index (χ2v) is 7.62. The van der Waals surface area contributed by atoms with Gasteiger partial charge in [0.15, 0.2) is 0 Å². The van der Waals surface area contributed by atoms with Gasteiger partial charge in [0.05, 0.1) is 0 Å². The van der Waals surface area contributed by atoms with Gasteiger partial charge in [-0.05, 0) is 52.0 Å². The number of hydrogen-bond donors (Lipinski definition) is 1. The lowest BCUT2D eigenvalue weighted by Gasteiger charge is -2.41. The number of amides is 1. The molecule has 0 unspecified atom stereocenters. The van der Waals surface area contributed by atoms with Crippen molar-refractivity contribution in [2.24, 2.45) is 11.8 Å². The molecule has 1 amide bonds. The average Bonchev–Trinajstić information content (AvgIpc) is 2.27. The Morgan fingerprint density at radius 2 is 1.80 bits per heavy atom. The molecule has 0 aromatic rings. The Morgan fingerprint density at radius 3 is 2.35 bits per heavy atom. The van der Waals surface area contributed by atoms with Crippen LogP contribution in [0.2, 0.25) is 0 Å². The van der Waals surface area contributed by atoms with Crippen LogP contribution in [-0.2, 0) is 4.74 Å². The Labute approximate surface area is 123 Å². The molecule has 1 heterocycles. The number of carbonyl (C=O) groups excluding carboxylic acids is 1. The van der Waals surface area contributed by atoms with Gasteiger partial charge in [-0.2, -0.15) is 0 Å². The van der Waals surface area contributed by atoms with Crippen LogP contribution < -0.4 is 5.32 Å². The van der Waals surface area contributed by atoms with Crippen molar-refractivity contribution in [2.45, 2.75) is 65.0 Å². The highest BCUT2D eigenvalue weighted by molar-refractivity contribution is 5.69. The second-order valence-electron chi connectivity index (χ2n) is 7.62. The molecule has 116 valence electrons. The van der Waals surface area contributed by atoms with E-state index in [1.54, 1.807) is 4.90 Å². The standard InChI is InChI=1S/C16H30N2O2/c1-12-5-7-13(8-6-12)9-17-14-10-18(11-14)15(19)20-16(2,3)4/h12-14,17H,5-11H2,1-4H3. The first-order valence-electron chi connectivity index (χ1n) is 8.05. The van der Waals surface area contributed by atoms with Crippen LogP contribution in [0.3, 0.4) is 0 Å².